The van der Waals surface area contributed by atoms with E-state index in [9.17, 15) is 19.5 Å². The van der Waals surface area contributed by atoms with E-state index in [1.807, 2.05) is 13.8 Å². The molecule has 3 aliphatic heterocycles. The van der Waals surface area contributed by atoms with Crippen LogP contribution in [0.4, 0.5) is 5.69 Å². The van der Waals surface area contributed by atoms with Crippen LogP contribution in [0.25, 0.3) is 0 Å². The van der Waals surface area contributed by atoms with Crippen molar-refractivity contribution in [3.8, 4) is 5.75 Å². The number of carbonyl (C=O) groups is 3. The lowest BCUT2D eigenvalue weighted by molar-refractivity contribution is -0.145. The van der Waals surface area contributed by atoms with Crippen molar-refractivity contribution in [2.75, 3.05) is 25.1 Å². The lowest BCUT2D eigenvalue weighted by Crippen LogP contribution is -2.58. The number of nitrogens with one attached hydrogen (secondary N) is 2. The van der Waals surface area contributed by atoms with Crippen LogP contribution in [-0.4, -0.2) is 76.1 Å². The Kier molecular flexibility index (Phi) is 8.81. The number of aliphatic hydroxyl groups excluding tert-OH is 1. The summed E-state index contributed by atoms with van der Waals surface area (Å²) in [6.07, 6.45) is 3.24. The maximum atomic E-state index is 14.0. The van der Waals surface area contributed by atoms with Crippen LogP contribution < -0.4 is 15.4 Å². The summed E-state index contributed by atoms with van der Waals surface area (Å²) < 4.78 is 12.0. The summed E-state index contributed by atoms with van der Waals surface area (Å²) >= 11 is 3.68. The molecule has 3 amide bonds. The van der Waals surface area contributed by atoms with Crippen molar-refractivity contribution >= 4 is 39.3 Å². The van der Waals surface area contributed by atoms with Gasteiger partial charge in [0.05, 0.1) is 37.2 Å². The zero-order chi connectivity index (χ0) is 26.7. The smallest absolute Gasteiger partial charge is 0.245 e. The van der Waals surface area contributed by atoms with Crippen LogP contribution in [0.15, 0.2) is 24.3 Å². The molecule has 0 saturated carbocycles. The first-order chi connectivity index (χ1) is 17.8. The van der Waals surface area contributed by atoms with Crippen LogP contribution in [0, 0.1) is 11.8 Å². The number of likely N-dealkylation sites (tertiary alicyclic amines) is 1. The summed E-state index contributed by atoms with van der Waals surface area (Å²) in [4.78, 5) is 42.5. The largest absolute Gasteiger partial charge is 0.494 e. The topological polar surface area (TPSA) is 117 Å². The third kappa shape index (κ3) is 5.00. The van der Waals surface area contributed by atoms with Crippen molar-refractivity contribution in [2.45, 2.75) is 81.5 Å². The summed E-state index contributed by atoms with van der Waals surface area (Å²) in [6.45, 7) is 6.65. The van der Waals surface area contributed by atoms with Crippen molar-refractivity contribution in [2.24, 2.45) is 11.8 Å². The Bertz CT molecular complexity index is 987. The van der Waals surface area contributed by atoms with Gasteiger partial charge in [0.1, 0.15) is 17.4 Å². The number of rotatable bonds is 12. The fraction of sp³-hybridized carbons (Fsp3) is 0.667. The number of ether oxygens (including phenoxy) is 2. The number of hydrogen-bond acceptors (Lipinski definition) is 6. The predicted octanol–water partition coefficient (Wildman–Crippen LogP) is 2.85. The molecule has 4 rings (SSSR count). The number of hydrogen-bond donors (Lipinski definition) is 3. The van der Waals surface area contributed by atoms with Crippen LogP contribution >= 0.6 is 15.9 Å². The number of carbonyl (C=O) groups excluding carboxylic acids is 3. The molecule has 3 saturated heterocycles. The average molecular weight is 581 g/mol. The molecule has 37 heavy (non-hydrogen) atoms. The first-order valence-corrected chi connectivity index (χ1v) is 14.3. The van der Waals surface area contributed by atoms with E-state index >= 15 is 0 Å². The van der Waals surface area contributed by atoms with Gasteiger partial charge in [-0.05, 0) is 50.5 Å². The molecule has 9 nitrogen and oxygen atoms in total. The Balaban J connectivity index is 1.63. The van der Waals surface area contributed by atoms with Gasteiger partial charge in [-0.2, -0.15) is 0 Å². The standard InChI is InChI=1S/C27H38BrN3O6/c1-4-7-8-13-29-25(34)23-27-14-19(28)22(37-27)20(21(27)26(35)31(23)17(5-2)15-32)24(33)30-16-9-11-18(12-10-16)36-6-3/h9-12,17,19-23,32H,4-8,13-15H2,1-3H3,(H,29,34)(H,30,33)/t17-,19?,20+,21-,22+,23?,27?/m0/s1. The zero-order valence-electron chi connectivity index (χ0n) is 21.7. The SMILES string of the molecule is CCCCCNC(=O)C1N([C@@H](CC)CO)C(=O)[C@@H]2[C@@H](C(=O)Nc3ccc(OCC)cc3)[C@@H]3OC12CC3Br. The van der Waals surface area contributed by atoms with E-state index in [1.54, 1.807) is 24.3 Å². The van der Waals surface area contributed by atoms with Gasteiger partial charge in [0.2, 0.25) is 17.7 Å². The highest BCUT2D eigenvalue weighted by atomic mass is 79.9. The summed E-state index contributed by atoms with van der Waals surface area (Å²) in [5.41, 5.74) is -0.542. The van der Waals surface area contributed by atoms with Crippen molar-refractivity contribution in [1.82, 2.24) is 10.2 Å². The van der Waals surface area contributed by atoms with Crippen LogP contribution in [0.2, 0.25) is 0 Å². The molecule has 3 fully saturated rings. The number of anilines is 1. The molecule has 1 aromatic rings. The van der Waals surface area contributed by atoms with Gasteiger partial charge in [0, 0.05) is 17.1 Å². The van der Waals surface area contributed by atoms with Gasteiger partial charge in [-0.25, -0.2) is 0 Å². The minimum atomic E-state index is -1.13. The second-order valence-corrected chi connectivity index (χ2v) is 11.3. The lowest BCUT2D eigenvalue weighted by Gasteiger charge is -2.36. The molecule has 1 aromatic carbocycles. The molecule has 3 unspecified atom stereocenters. The highest BCUT2D eigenvalue weighted by Gasteiger charge is 2.76. The van der Waals surface area contributed by atoms with Crippen molar-refractivity contribution < 1.29 is 29.0 Å². The minimum Gasteiger partial charge on any atom is -0.494 e. The fourth-order valence-electron chi connectivity index (χ4n) is 6.18. The van der Waals surface area contributed by atoms with E-state index in [4.69, 9.17) is 9.47 Å². The van der Waals surface area contributed by atoms with Crippen molar-refractivity contribution in [3.63, 3.8) is 0 Å². The quantitative estimate of drug-likeness (QED) is 0.259. The molecule has 204 valence electrons. The van der Waals surface area contributed by atoms with Crippen molar-refractivity contribution in [3.05, 3.63) is 24.3 Å². The van der Waals surface area contributed by atoms with E-state index < -0.39 is 35.6 Å². The van der Waals surface area contributed by atoms with Crippen LogP contribution in [0.1, 0.15) is 52.9 Å². The molecule has 2 bridgehead atoms. The van der Waals surface area contributed by atoms with Gasteiger partial charge >= 0.3 is 0 Å². The maximum absolute atomic E-state index is 14.0. The average Bonchev–Trinajstić information content (AvgIpc) is 3.48. The Morgan fingerprint density at radius 3 is 2.57 bits per heavy atom. The number of aliphatic hydroxyl groups is 1. The van der Waals surface area contributed by atoms with E-state index in [1.165, 1.54) is 4.90 Å². The number of unbranched alkanes of at least 4 members (excludes halogenated alkanes) is 2. The highest BCUT2D eigenvalue weighted by molar-refractivity contribution is 9.09. The summed E-state index contributed by atoms with van der Waals surface area (Å²) in [5, 5.41) is 16.0. The molecular weight excluding hydrogens is 542 g/mol. The zero-order valence-corrected chi connectivity index (χ0v) is 23.3. The molecule has 3 heterocycles. The maximum Gasteiger partial charge on any atom is 0.245 e. The summed E-state index contributed by atoms with van der Waals surface area (Å²) in [6, 6.07) is 5.63. The minimum absolute atomic E-state index is 0.183. The molecule has 10 heteroatoms. The fourth-order valence-corrected chi connectivity index (χ4v) is 7.13. The molecule has 0 aliphatic carbocycles. The van der Waals surface area contributed by atoms with Gasteiger partial charge in [0.15, 0.2) is 0 Å². The summed E-state index contributed by atoms with van der Waals surface area (Å²) in [5.74, 6) is -1.78. The molecule has 3 aliphatic rings. The molecule has 1 spiro atoms. The third-order valence-electron chi connectivity index (χ3n) is 7.87. The monoisotopic (exact) mass is 579 g/mol. The normalized spacial score (nSPS) is 30.8. The van der Waals surface area contributed by atoms with Gasteiger partial charge in [-0.3, -0.25) is 14.4 Å². The number of nitrogens with zero attached hydrogens (tertiary/aromatic N) is 1. The Morgan fingerprint density at radius 1 is 1.22 bits per heavy atom. The Hall–Kier alpha value is -2.17. The molecule has 0 radical (unpaired) electrons. The van der Waals surface area contributed by atoms with Crippen molar-refractivity contribution in [1.29, 1.82) is 0 Å². The third-order valence-corrected chi connectivity index (χ3v) is 8.71. The number of benzene rings is 1. The highest BCUT2D eigenvalue weighted by Crippen LogP contribution is 2.60. The second kappa shape index (κ2) is 11.7. The molecule has 7 atom stereocenters. The van der Waals surface area contributed by atoms with Crippen LogP contribution in [0.3, 0.4) is 0 Å². The number of amides is 3. The first-order valence-electron chi connectivity index (χ1n) is 13.4. The molecular formula is C27H38BrN3O6. The van der Waals surface area contributed by atoms with Gasteiger partial charge in [-0.15, -0.1) is 0 Å². The molecule has 3 N–H and O–H groups in total. The molecule has 0 aromatic heterocycles. The number of fused-ring (bicyclic) bond motifs is 1. The predicted molar refractivity (Wildman–Crippen MR) is 142 cm³/mol. The first kappa shape index (κ1) is 27.9. The van der Waals surface area contributed by atoms with Gasteiger partial charge < -0.3 is 30.1 Å². The van der Waals surface area contributed by atoms with Crippen LogP contribution in [0.5, 0.6) is 5.75 Å². The Morgan fingerprint density at radius 2 is 1.95 bits per heavy atom. The summed E-state index contributed by atoms with van der Waals surface area (Å²) in [7, 11) is 0. The van der Waals surface area contributed by atoms with E-state index in [2.05, 4.69) is 33.5 Å². The lowest BCUT2D eigenvalue weighted by atomic mass is 9.70. The van der Waals surface area contributed by atoms with E-state index in [0.717, 1.165) is 19.3 Å². The number of alkyl halides is 1. The second-order valence-electron chi connectivity index (χ2n) is 10.1. The Labute approximate surface area is 226 Å². The van der Waals surface area contributed by atoms with E-state index in [-0.39, 0.29) is 29.2 Å². The van der Waals surface area contributed by atoms with Gasteiger partial charge in [-0.1, -0.05) is 42.6 Å². The van der Waals surface area contributed by atoms with Crippen LogP contribution in [-0.2, 0) is 19.1 Å². The number of halogens is 1. The van der Waals surface area contributed by atoms with Gasteiger partial charge in [0.25, 0.3) is 0 Å². The van der Waals surface area contributed by atoms with E-state index in [0.29, 0.717) is 37.4 Å².